The van der Waals surface area contributed by atoms with Gasteiger partial charge in [-0.1, -0.05) is 30.3 Å². The quantitative estimate of drug-likeness (QED) is 0.781. The van der Waals surface area contributed by atoms with Crippen molar-refractivity contribution in [2.24, 2.45) is 0 Å². The third-order valence-corrected chi connectivity index (χ3v) is 3.46. The van der Waals surface area contributed by atoms with Gasteiger partial charge in [0, 0.05) is 11.1 Å². The zero-order valence-corrected chi connectivity index (χ0v) is 11.2. The summed E-state index contributed by atoms with van der Waals surface area (Å²) in [5.41, 5.74) is 0.209. The second-order valence-corrected chi connectivity index (χ2v) is 6.64. The van der Waals surface area contributed by atoms with Gasteiger partial charge in [0.25, 0.3) is 0 Å². The van der Waals surface area contributed by atoms with Crippen molar-refractivity contribution >= 4 is 0 Å². The Bertz CT molecular complexity index is 379. The molecular weight excluding hydrogens is 210 g/mol. The van der Waals surface area contributed by atoms with E-state index >= 15 is 0 Å². The van der Waals surface area contributed by atoms with E-state index in [1.165, 1.54) is 0 Å². The third-order valence-electron chi connectivity index (χ3n) is 3.46. The van der Waals surface area contributed by atoms with E-state index in [0.717, 1.165) is 18.4 Å². The molecule has 0 amide bonds. The van der Waals surface area contributed by atoms with Crippen molar-refractivity contribution < 1.29 is 5.11 Å². The van der Waals surface area contributed by atoms with Gasteiger partial charge in [-0.25, -0.2) is 0 Å². The van der Waals surface area contributed by atoms with Gasteiger partial charge in [0.2, 0.25) is 0 Å². The second kappa shape index (κ2) is 3.82. The molecular formula is C15H23NO. The summed E-state index contributed by atoms with van der Waals surface area (Å²) in [6.07, 6.45) is 1.49. The zero-order chi connectivity index (χ0) is 12.7. The molecule has 1 heterocycles. The van der Waals surface area contributed by atoms with Crippen molar-refractivity contribution in [1.82, 2.24) is 5.32 Å². The maximum Gasteiger partial charge on any atom is 0.0931 e. The summed E-state index contributed by atoms with van der Waals surface area (Å²) in [5, 5.41) is 14.6. The molecule has 1 aliphatic rings. The fourth-order valence-corrected chi connectivity index (χ4v) is 3.48. The van der Waals surface area contributed by atoms with E-state index in [1.54, 1.807) is 0 Å². The molecule has 0 aliphatic carbocycles. The van der Waals surface area contributed by atoms with Crippen LogP contribution < -0.4 is 5.32 Å². The van der Waals surface area contributed by atoms with E-state index in [-0.39, 0.29) is 11.1 Å². The van der Waals surface area contributed by atoms with Crippen molar-refractivity contribution in [2.45, 2.75) is 57.2 Å². The molecule has 2 heteroatoms. The van der Waals surface area contributed by atoms with Crippen LogP contribution in [0.4, 0.5) is 0 Å². The Morgan fingerprint density at radius 3 is 1.88 bits per heavy atom. The van der Waals surface area contributed by atoms with Gasteiger partial charge in [-0.3, -0.25) is 0 Å². The lowest BCUT2D eigenvalue weighted by Gasteiger charge is -2.51. The van der Waals surface area contributed by atoms with Crippen LogP contribution in [-0.2, 0) is 5.60 Å². The SMILES string of the molecule is CC1(C)CC(O)(c2ccccc2)CC(C)(C)N1. The van der Waals surface area contributed by atoms with Gasteiger partial charge in [0.15, 0.2) is 0 Å². The Labute approximate surface area is 104 Å². The van der Waals surface area contributed by atoms with Gasteiger partial charge in [0.1, 0.15) is 0 Å². The lowest BCUT2D eigenvalue weighted by Crippen LogP contribution is -2.62. The number of piperidine rings is 1. The van der Waals surface area contributed by atoms with Crippen molar-refractivity contribution in [2.75, 3.05) is 0 Å². The molecule has 0 spiro atoms. The molecule has 0 radical (unpaired) electrons. The van der Waals surface area contributed by atoms with Gasteiger partial charge in [-0.15, -0.1) is 0 Å². The molecule has 17 heavy (non-hydrogen) atoms. The first kappa shape index (κ1) is 12.6. The predicted molar refractivity (Wildman–Crippen MR) is 70.9 cm³/mol. The van der Waals surface area contributed by atoms with Gasteiger partial charge in [-0.2, -0.15) is 0 Å². The summed E-state index contributed by atoms with van der Waals surface area (Å²) < 4.78 is 0. The van der Waals surface area contributed by atoms with Gasteiger partial charge in [0.05, 0.1) is 5.60 Å². The maximum absolute atomic E-state index is 11.0. The average molecular weight is 233 g/mol. The Balaban J connectivity index is 2.37. The van der Waals surface area contributed by atoms with Crippen LogP contribution in [0.2, 0.25) is 0 Å². The van der Waals surface area contributed by atoms with Gasteiger partial charge >= 0.3 is 0 Å². The normalized spacial score (nSPS) is 25.5. The molecule has 0 aromatic heterocycles. The molecule has 0 unspecified atom stereocenters. The first-order chi connectivity index (χ1) is 7.73. The standard InChI is InChI=1S/C15H23NO/c1-13(2)10-15(17,11-14(3,4)16-13)12-8-6-5-7-9-12/h5-9,16-17H,10-11H2,1-4H3. The van der Waals surface area contributed by atoms with E-state index in [1.807, 2.05) is 30.3 Å². The van der Waals surface area contributed by atoms with Crippen molar-refractivity contribution in [3.63, 3.8) is 0 Å². The van der Waals surface area contributed by atoms with Crippen molar-refractivity contribution in [3.05, 3.63) is 35.9 Å². The third kappa shape index (κ3) is 2.70. The summed E-state index contributed by atoms with van der Waals surface area (Å²) >= 11 is 0. The highest BCUT2D eigenvalue weighted by atomic mass is 16.3. The van der Waals surface area contributed by atoms with Crippen LogP contribution in [0.25, 0.3) is 0 Å². The monoisotopic (exact) mass is 233 g/mol. The second-order valence-electron chi connectivity index (χ2n) is 6.64. The molecule has 94 valence electrons. The highest BCUT2D eigenvalue weighted by Crippen LogP contribution is 2.42. The average Bonchev–Trinajstić information content (AvgIpc) is 2.13. The lowest BCUT2D eigenvalue weighted by molar-refractivity contribution is -0.0614. The Morgan fingerprint density at radius 1 is 0.941 bits per heavy atom. The summed E-state index contributed by atoms with van der Waals surface area (Å²) in [6, 6.07) is 10.0. The van der Waals surface area contributed by atoms with E-state index in [9.17, 15) is 5.11 Å². The van der Waals surface area contributed by atoms with E-state index in [0.29, 0.717) is 0 Å². The molecule has 1 aliphatic heterocycles. The Hall–Kier alpha value is -0.860. The number of aliphatic hydroxyl groups is 1. The molecule has 1 fully saturated rings. The first-order valence-corrected chi connectivity index (χ1v) is 6.30. The van der Waals surface area contributed by atoms with Crippen LogP contribution >= 0.6 is 0 Å². The minimum absolute atomic E-state index is 0.0493. The summed E-state index contributed by atoms with van der Waals surface area (Å²) in [6.45, 7) is 8.62. The molecule has 2 rings (SSSR count). The highest BCUT2D eigenvalue weighted by molar-refractivity contribution is 5.25. The maximum atomic E-state index is 11.0. The smallest absolute Gasteiger partial charge is 0.0931 e. The molecule has 1 aromatic carbocycles. The summed E-state index contributed by atoms with van der Waals surface area (Å²) in [4.78, 5) is 0. The van der Waals surface area contributed by atoms with Crippen LogP contribution in [-0.4, -0.2) is 16.2 Å². The van der Waals surface area contributed by atoms with Crippen molar-refractivity contribution in [3.8, 4) is 0 Å². The van der Waals surface area contributed by atoms with Gasteiger partial charge < -0.3 is 10.4 Å². The number of hydrogen-bond acceptors (Lipinski definition) is 2. The predicted octanol–water partition coefficient (Wildman–Crippen LogP) is 2.81. The minimum atomic E-state index is -0.723. The van der Waals surface area contributed by atoms with Crippen molar-refractivity contribution in [1.29, 1.82) is 0 Å². The molecule has 0 saturated carbocycles. The molecule has 2 N–H and O–H groups in total. The Morgan fingerprint density at radius 2 is 1.41 bits per heavy atom. The lowest BCUT2D eigenvalue weighted by atomic mass is 9.70. The molecule has 0 bridgehead atoms. The summed E-state index contributed by atoms with van der Waals surface area (Å²) in [5.74, 6) is 0. The minimum Gasteiger partial charge on any atom is -0.385 e. The fourth-order valence-electron chi connectivity index (χ4n) is 3.48. The fraction of sp³-hybridized carbons (Fsp3) is 0.600. The number of rotatable bonds is 1. The van der Waals surface area contributed by atoms with Crippen LogP contribution in [0.1, 0.15) is 46.1 Å². The number of benzene rings is 1. The Kier molecular flexibility index (Phi) is 2.83. The molecule has 2 nitrogen and oxygen atoms in total. The summed E-state index contributed by atoms with van der Waals surface area (Å²) in [7, 11) is 0. The topological polar surface area (TPSA) is 32.3 Å². The van der Waals surface area contributed by atoms with Gasteiger partial charge in [-0.05, 0) is 46.1 Å². The molecule has 1 saturated heterocycles. The van der Waals surface area contributed by atoms with Crippen LogP contribution in [0.15, 0.2) is 30.3 Å². The molecule has 0 atom stereocenters. The number of hydrogen-bond donors (Lipinski definition) is 2. The van der Waals surface area contributed by atoms with E-state index in [4.69, 9.17) is 0 Å². The highest BCUT2D eigenvalue weighted by Gasteiger charge is 2.46. The van der Waals surface area contributed by atoms with E-state index < -0.39 is 5.60 Å². The van der Waals surface area contributed by atoms with Crippen LogP contribution in [0, 0.1) is 0 Å². The molecule has 1 aromatic rings. The number of nitrogens with one attached hydrogen (secondary N) is 1. The van der Waals surface area contributed by atoms with Crippen LogP contribution in [0.3, 0.4) is 0 Å². The first-order valence-electron chi connectivity index (χ1n) is 6.30. The van der Waals surface area contributed by atoms with E-state index in [2.05, 4.69) is 33.0 Å². The largest absolute Gasteiger partial charge is 0.385 e. The van der Waals surface area contributed by atoms with Crippen LogP contribution in [0.5, 0.6) is 0 Å². The zero-order valence-electron chi connectivity index (χ0n) is 11.2.